The van der Waals surface area contributed by atoms with E-state index in [1.807, 2.05) is 11.3 Å². The lowest BCUT2D eigenvalue weighted by atomic mass is 10.3. The van der Waals surface area contributed by atoms with E-state index in [2.05, 4.69) is 29.6 Å². The van der Waals surface area contributed by atoms with Gasteiger partial charge in [-0.1, -0.05) is 12.5 Å². The number of hydrogen-bond donors (Lipinski definition) is 0. The van der Waals surface area contributed by atoms with E-state index >= 15 is 0 Å². The third-order valence-electron chi connectivity index (χ3n) is 3.87. The summed E-state index contributed by atoms with van der Waals surface area (Å²) in [6.45, 7) is 1.48. The molecular formula is C17H26O4S2Si. The summed E-state index contributed by atoms with van der Waals surface area (Å²) in [6.07, 6.45) is 3.17. The van der Waals surface area contributed by atoms with Crippen LogP contribution in [0, 0.1) is 0 Å². The molecule has 0 aromatic carbocycles. The molecule has 2 aromatic heterocycles. The molecule has 0 aliphatic carbocycles. The maximum atomic E-state index is 5.79. The molecule has 24 heavy (non-hydrogen) atoms. The van der Waals surface area contributed by atoms with Crippen LogP contribution in [0.2, 0.25) is 6.04 Å². The highest BCUT2D eigenvalue weighted by atomic mass is 32.1. The second-order valence-electron chi connectivity index (χ2n) is 5.40. The van der Waals surface area contributed by atoms with Crippen molar-refractivity contribution >= 4 is 31.5 Å². The molecule has 0 radical (unpaired) electrons. The molecule has 0 aliphatic rings. The fourth-order valence-corrected chi connectivity index (χ4v) is 6.03. The van der Waals surface area contributed by atoms with Gasteiger partial charge in [0.2, 0.25) is 0 Å². The van der Waals surface area contributed by atoms with Crippen LogP contribution in [-0.2, 0) is 24.6 Å². The molecule has 0 atom stereocenters. The van der Waals surface area contributed by atoms with Crippen molar-refractivity contribution < 1.29 is 18.0 Å². The molecule has 0 fully saturated rings. The van der Waals surface area contributed by atoms with Crippen LogP contribution >= 0.6 is 22.7 Å². The molecule has 0 unspecified atom stereocenters. The van der Waals surface area contributed by atoms with Crippen molar-refractivity contribution in [3.05, 3.63) is 34.5 Å². The van der Waals surface area contributed by atoms with Crippen molar-refractivity contribution in [2.24, 2.45) is 0 Å². The fraction of sp³-hybridized carbons (Fsp3) is 0.529. The van der Waals surface area contributed by atoms with Crippen LogP contribution in [-0.4, -0.2) is 36.7 Å². The summed E-state index contributed by atoms with van der Waals surface area (Å²) in [4.78, 5) is 3.93. The van der Waals surface area contributed by atoms with Gasteiger partial charge >= 0.3 is 8.80 Å². The van der Waals surface area contributed by atoms with E-state index < -0.39 is 8.80 Å². The molecule has 2 aromatic rings. The third kappa shape index (κ3) is 5.77. The van der Waals surface area contributed by atoms with E-state index in [1.165, 1.54) is 14.6 Å². The van der Waals surface area contributed by atoms with Gasteiger partial charge in [0.1, 0.15) is 0 Å². The SMILES string of the molecule is CO[Si](CCCCCOCc1ccc(-c2cccs2)s1)(OC)OC. The largest absolute Gasteiger partial charge is 0.500 e. The molecule has 0 bridgehead atoms. The van der Waals surface area contributed by atoms with Crippen molar-refractivity contribution in [3.8, 4) is 9.75 Å². The fourth-order valence-electron chi connectivity index (χ4n) is 2.46. The zero-order valence-corrected chi connectivity index (χ0v) is 17.2. The predicted octanol–water partition coefficient (Wildman–Crippen LogP) is 5.04. The van der Waals surface area contributed by atoms with Gasteiger partial charge in [-0.3, -0.25) is 0 Å². The Morgan fingerprint density at radius 2 is 1.71 bits per heavy atom. The van der Waals surface area contributed by atoms with Gasteiger partial charge in [0, 0.05) is 48.6 Å². The van der Waals surface area contributed by atoms with Gasteiger partial charge in [0.05, 0.1) is 6.61 Å². The number of rotatable bonds is 12. The van der Waals surface area contributed by atoms with E-state index in [-0.39, 0.29) is 0 Å². The number of thiophene rings is 2. The zero-order chi connectivity index (χ0) is 17.3. The lowest BCUT2D eigenvalue weighted by molar-refractivity contribution is 0.114. The Morgan fingerprint density at radius 1 is 0.917 bits per heavy atom. The van der Waals surface area contributed by atoms with Crippen molar-refractivity contribution in [3.63, 3.8) is 0 Å². The average Bonchev–Trinajstić information content (AvgIpc) is 3.29. The highest BCUT2D eigenvalue weighted by Gasteiger charge is 2.36. The van der Waals surface area contributed by atoms with Crippen LogP contribution in [0.25, 0.3) is 9.75 Å². The van der Waals surface area contributed by atoms with Crippen LogP contribution in [0.4, 0.5) is 0 Å². The van der Waals surface area contributed by atoms with Gasteiger partial charge in [-0.2, -0.15) is 0 Å². The minimum Gasteiger partial charge on any atom is -0.377 e. The highest BCUT2D eigenvalue weighted by Crippen LogP contribution is 2.31. The summed E-state index contributed by atoms with van der Waals surface area (Å²) in [7, 11) is 2.58. The first-order chi connectivity index (χ1) is 11.7. The van der Waals surface area contributed by atoms with E-state index in [0.29, 0.717) is 6.61 Å². The maximum Gasteiger partial charge on any atom is 0.500 e. The lowest BCUT2D eigenvalue weighted by Crippen LogP contribution is -2.42. The van der Waals surface area contributed by atoms with Gasteiger partial charge in [0.25, 0.3) is 0 Å². The average molecular weight is 387 g/mol. The van der Waals surface area contributed by atoms with Gasteiger partial charge < -0.3 is 18.0 Å². The van der Waals surface area contributed by atoms with Crippen molar-refractivity contribution in [1.82, 2.24) is 0 Å². The van der Waals surface area contributed by atoms with E-state index in [1.54, 1.807) is 32.7 Å². The summed E-state index contributed by atoms with van der Waals surface area (Å²) in [5.41, 5.74) is 0. The van der Waals surface area contributed by atoms with Crippen LogP contribution < -0.4 is 0 Å². The molecular weight excluding hydrogens is 360 g/mol. The Bertz CT molecular complexity index is 559. The van der Waals surface area contributed by atoms with Crippen LogP contribution in [0.3, 0.4) is 0 Å². The third-order valence-corrected chi connectivity index (χ3v) is 8.83. The Kier molecular flexibility index (Phi) is 8.61. The number of ether oxygens (including phenoxy) is 1. The summed E-state index contributed by atoms with van der Waals surface area (Å²) in [5.74, 6) is 0. The van der Waals surface area contributed by atoms with Crippen molar-refractivity contribution in [2.75, 3.05) is 27.9 Å². The van der Waals surface area contributed by atoms with Crippen LogP contribution in [0.5, 0.6) is 0 Å². The monoisotopic (exact) mass is 386 g/mol. The summed E-state index contributed by atoms with van der Waals surface area (Å²) >= 11 is 3.59. The smallest absolute Gasteiger partial charge is 0.377 e. The quantitative estimate of drug-likeness (QED) is 0.378. The topological polar surface area (TPSA) is 36.9 Å². The van der Waals surface area contributed by atoms with Crippen LogP contribution in [0.1, 0.15) is 24.1 Å². The summed E-state index contributed by atoms with van der Waals surface area (Å²) in [6, 6.07) is 9.44. The molecule has 4 nitrogen and oxygen atoms in total. The van der Waals surface area contributed by atoms with Crippen LogP contribution in [0.15, 0.2) is 29.6 Å². The second kappa shape index (κ2) is 10.4. The van der Waals surface area contributed by atoms with Gasteiger partial charge in [-0.25, -0.2) is 0 Å². The molecule has 7 heteroatoms. The van der Waals surface area contributed by atoms with E-state index in [9.17, 15) is 0 Å². The van der Waals surface area contributed by atoms with Gasteiger partial charge in [-0.05, 0) is 36.4 Å². The molecule has 0 saturated carbocycles. The van der Waals surface area contributed by atoms with E-state index in [4.69, 9.17) is 18.0 Å². The Morgan fingerprint density at radius 3 is 2.38 bits per heavy atom. The number of hydrogen-bond acceptors (Lipinski definition) is 6. The molecule has 0 N–H and O–H groups in total. The first kappa shape index (κ1) is 19.8. The summed E-state index contributed by atoms with van der Waals surface area (Å²) in [5, 5.41) is 2.11. The van der Waals surface area contributed by atoms with Crippen molar-refractivity contribution in [1.29, 1.82) is 0 Å². The molecule has 2 rings (SSSR count). The molecule has 0 amide bonds. The Balaban J connectivity index is 1.59. The molecule has 0 saturated heterocycles. The predicted molar refractivity (Wildman–Crippen MR) is 103 cm³/mol. The molecule has 0 spiro atoms. The Labute approximate surface area is 153 Å². The normalized spacial score (nSPS) is 12.0. The minimum atomic E-state index is -2.40. The van der Waals surface area contributed by atoms with Crippen molar-refractivity contribution in [2.45, 2.75) is 31.9 Å². The standard InChI is InChI=1S/C17H26O4S2Si/c1-18-24(19-2,20-3)13-6-4-5-11-21-14-15-9-10-17(23-15)16-8-7-12-22-16/h7-10,12H,4-6,11,13-14H2,1-3H3. The second-order valence-corrected chi connectivity index (χ2v) is 10.6. The Hall–Kier alpha value is -0.543. The van der Waals surface area contributed by atoms with Gasteiger partial charge in [0.15, 0.2) is 0 Å². The molecule has 2 heterocycles. The molecule has 0 aliphatic heterocycles. The zero-order valence-electron chi connectivity index (χ0n) is 14.6. The van der Waals surface area contributed by atoms with E-state index in [0.717, 1.165) is 31.9 Å². The lowest BCUT2D eigenvalue weighted by Gasteiger charge is -2.24. The maximum absolute atomic E-state index is 5.79. The minimum absolute atomic E-state index is 0.697. The first-order valence-electron chi connectivity index (χ1n) is 8.09. The number of unbranched alkanes of at least 4 members (excludes halogenated alkanes) is 2. The summed E-state index contributed by atoms with van der Waals surface area (Å²) < 4.78 is 22.1. The first-order valence-corrected chi connectivity index (χ1v) is 11.7. The molecule has 134 valence electrons. The van der Waals surface area contributed by atoms with Gasteiger partial charge in [-0.15, -0.1) is 22.7 Å². The highest BCUT2D eigenvalue weighted by molar-refractivity contribution is 7.21.